The number of aliphatic hydroxyl groups is 3. The van der Waals surface area contributed by atoms with Crippen molar-refractivity contribution in [2.75, 3.05) is 20.2 Å². The van der Waals surface area contributed by atoms with Crippen LogP contribution in [-0.2, 0) is 14.3 Å². The molecule has 0 aromatic heterocycles. The van der Waals surface area contributed by atoms with E-state index >= 15 is 0 Å². The van der Waals surface area contributed by atoms with E-state index in [1.165, 1.54) is 6.08 Å². The number of aliphatic hydroxyl groups excluding tert-OH is 2. The van der Waals surface area contributed by atoms with Crippen LogP contribution in [-0.4, -0.2) is 77.7 Å². The molecular weight excluding hydrogens is 496 g/mol. The van der Waals surface area contributed by atoms with Crippen LogP contribution < -0.4 is 10.6 Å². The summed E-state index contributed by atoms with van der Waals surface area (Å²) in [6.07, 6.45) is 28.2. The normalized spacial score (nSPS) is 40.6. The van der Waals surface area contributed by atoms with Gasteiger partial charge < -0.3 is 35.4 Å². The molecule has 2 rings (SSSR count). The number of hydrogen-bond acceptors (Lipinski definition) is 7. The van der Waals surface area contributed by atoms with Gasteiger partial charge in [0.2, 0.25) is 5.91 Å². The highest BCUT2D eigenvalue weighted by atomic mass is 16.7. The van der Waals surface area contributed by atoms with Crippen molar-refractivity contribution in [2.24, 2.45) is 5.92 Å². The molecule has 7 atom stereocenters. The third kappa shape index (κ3) is 12.1. The van der Waals surface area contributed by atoms with Crippen molar-refractivity contribution in [1.82, 2.24) is 10.6 Å². The fourth-order valence-corrected chi connectivity index (χ4v) is 3.69. The first-order valence-electron chi connectivity index (χ1n) is 13.1. The zero-order chi connectivity index (χ0) is 28.5. The van der Waals surface area contributed by atoms with Gasteiger partial charge in [0.05, 0.1) is 12.6 Å². The van der Waals surface area contributed by atoms with Crippen LogP contribution in [0.2, 0.25) is 0 Å². The minimum Gasteiger partial charge on any atom is -0.388 e. The van der Waals surface area contributed by atoms with Crippen LogP contribution >= 0.6 is 0 Å². The Bertz CT molecular complexity index is 1020. The van der Waals surface area contributed by atoms with Gasteiger partial charge in [0.25, 0.3) is 0 Å². The zero-order valence-electron chi connectivity index (χ0n) is 22.8. The van der Waals surface area contributed by atoms with Crippen molar-refractivity contribution in [1.29, 1.82) is 0 Å². The molecule has 212 valence electrons. The molecule has 8 heteroatoms. The lowest BCUT2D eigenvalue weighted by atomic mass is 9.96. The Morgan fingerprint density at radius 3 is 2.13 bits per heavy atom. The number of allylic oxidation sites excluding steroid dienone is 14. The molecule has 8 nitrogen and oxygen atoms in total. The molecule has 0 aromatic rings. The number of hydrogen-bond donors (Lipinski definition) is 5. The average Bonchev–Trinajstić information content (AvgIpc) is 2.90. The molecule has 1 fully saturated rings. The second-order valence-corrected chi connectivity index (χ2v) is 9.49. The molecule has 0 saturated carbocycles. The minimum absolute atomic E-state index is 0.0874. The van der Waals surface area contributed by atoms with Gasteiger partial charge in [-0.2, -0.15) is 0 Å². The maximum Gasteiger partial charge on any atom is 0.243 e. The van der Waals surface area contributed by atoms with Crippen molar-refractivity contribution >= 4 is 5.91 Å². The largest absolute Gasteiger partial charge is 0.388 e. The predicted octanol–water partition coefficient (Wildman–Crippen LogP) is 2.56. The van der Waals surface area contributed by atoms with Crippen molar-refractivity contribution in [3.05, 3.63) is 109 Å². The first-order chi connectivity index (χ1) is 18.7. The Labute approximate surface area is 231 Å². The molecule has 0 spiro atoms. The number of ether oxygens (including phenoxy) is 2. The number of likely N-dealkylation sites (N-methyl/N-ethyl adjacent to an activating group) is 1. The number of rotatable bonds is 3. The van der Waals surface area contributed by atoms with E-state index in [0.717, 1.165) is 0 Å². The van der Waals surface area contributed by atoms with Crippen LogP contribution in [0.5, 0.6) is 0 Å². The summed E-state index contributed by atoms with van der Waals surface area (Å²) in [5.41, 5.74) is -1.44. The van der Waals surface area contributed by atoms with Crippen LogP contribution in [0.3, 0.4) is 0 Å². The fourth-order valence-electron chi connectivity index (χ4n) is 3.69. The van der Waals surface area contributed by atoms with E-state index in [-0.39, 0.29) is 18.4 Å². The number of amides is 1. The highest BCUT2D eigenvalue weighted by Gasteiger charge is 2.41. The molecule has 0 aromatic carbocycles. The quantitative estimate of drug-likeness (QED) is 0.375. The number of nitrogens with one attached hydrogen (secondary N) is 2. The summed E-state index contributed by atoms with van der Waals surface area (Å²) >= 11 is 0. The summed E-state index contributed by atoms with van der Waals surface area (Å²) in [6.45, 7) is 4.10. The number of carbonyl (C=O) groups is 1. The van der Waals surface area contributed by atoms with Gasteiger partial charge in [0.1, 0.15) is 23.9 Å². The lowest BCUT2D eigenvalue weighted by Crippen LogP contribution is -2.60. The van der Waals surface area contributed by atoms with Crippen molar-refractivity contribution < 1.29 is 29.6 Å². The Kier molecular flexibility index (Phi) is 14.4. The molecule has 2 aliphatic rings. The van der Waals surface area contributed by atoms with Gasteiger partial charge in [-0.05, 0) is 19.9 Å². The fraction of sp³-hybridized carbons (Fsp3) is 0.387. The zero-order valence-corrected chi connectivity index (χ0v) is 22.8. The molecule has 0 radical (unpaired) electrons. The topological polar surface area (TPSA) is 120 Å². The summed E-state index contributed by atoms with van der Waals surface area (Å²) in [7, 11) is 1.64. The average molecular weight is 539 g/mol. The van der Waals surface area contributed by atoms with E-state index in [9.17, 15) is 20.1 Å². The van der Waals surface area contributed by atoms with Gasteiger partial charge in [0, 0.05) is 12.6 Å². The van der Waals surface area contributed by atoms with Crippen LogP contribution in [0.1, 0.15) is 13.8 Å². The molecule has 2 aliphatic heterocycles. The Balaban J connectivity index is 2.25. The summed E-state index contributed by atoms with van der Waals surface area (Å²) in [5.74, 6) is 0.0306. The second kappa shape index (κ2) is 17.5. The van der Waals surface area contributed by atoms with Crippen LogP contribution in [0.25, 0.3) is 0 Å². The summed E-state index contributed by atoms with van der Waals surface area (Å²) in [4.78, 5) is 12.0. The molecule has 7 unspecified atom stereocenters. The van der Waals surface area contributed by atoms with Crippen molar-refractivity contribution in [3.63, 3.8) is 0 Å². The standard InChI is InChI=1S/C31H42N2O6/c1-24-18-14-10-6-4-5-7-11-15-19-26(39-30-28(32-3)29(36)25(34)23-38-30)31(2,37)21-17-13-9-8-12-16-20-27(35)33-22-24/h4-21,24-26,28-30,32,34,36-37H,22-23H2,1-3H3,(H,33,35)/b5-4-,10-6-,11-7-,12-8-,13-9-,18-14-,19-15-,20-16+,21-17+. The molecule has 0 aliphatic carbocycles. The molecule has 1 amide bonds. The van der Waals surface area contributed by atoms with Gasteiger partial charge in [0.15, 0.2) is 6.29 Å². The monoisotopic (exact) mass is 538 g/mol. The van der Waals surface area contributed by atoms with Crippen LogP contribution in [0, 0.1) is 5.92 Å². The van der Waals surface area contributed by atoms with Crippen molar-refractivity contribution in [3.8, 4) is 0 Å². The van der Waals surface area contributed by atoms with E-state index in [2.05, 4.69) is 10.6 Å². The maximum absolute atomic E-state index is 12.0. The first kappa shape index (κ1) is 32.1. The summed E-state index contributed by atoms with van der Waals surface area (Å²) < 4.78 is 11.7. The van der Waals surface area contributed by atoms with Gasteiger partial charge in [-0.15, -0.1) is 0 Å². The molecule has 39 heavy (non-hydrogen) atoms. The van der Waals surface area contributed by atoms with Crippen LogP contribution in [0.4, 0.5) is 0 Å². The highest BCUT2D eigenvalue weighted by Crippen LogP contribution is 2.24. The smallest absolute Gasteiger partial charge is 0.243 e. The molecule has 2 heterocycles. The Morgan fingerprint density at radius 1 is 0.923 bits per heavy atom. The Morgan fingerprint density at radius 2 is 1.49 bits per heavy atom. The molecule has 1 saturated heterocycles. The highest BCUT2D eigenvalue weighted by molar-refractivity contribution is 5.87. The molecule has 0 bridgehead atoms. The van der Waals surface area contributed by atoms with E-state index in [0.29, 0.717) is 6.54 Å². The van der Waals surface area contributed by atoms with Gasteiger partial charge in [-0.25, -0.2) is 0 Å². The van der Waals surface area contributed by atoms with E-state index in [4.69, 9.17) is 9.47 Å². The van der Waals surface area contributed by atoms with E-state index in [1.54, 1.807) is 68.7 Å². The minimum atomic E-state index is -1.44. The third-order valence-corrected chi connectivity index (χ3v) is 6.02. The molecular formula is C31H42N2O6. The van der Waals surface area contributed by atoms with Gasteiger partial charge >= 0.3 is 0 Å². The van der Waals surface area contributed by atoms with E-state index in [1.807, 2.05) is 55.5 Å². The number of carbonyl (C=O) groups excluding carboxylic acids is 1. The SMILES string of the molecule is CNC1C(OC2\C=C/C=C\C=C/C=C\C=C/C(C)CNC(=O)/C=C/C=C\C=C/C=C/C2(C)O)OCC(O)C1O. The van der Waals surface area contributed by atoms with Crippen molar-refractivity contribution in [2.45, 2.75) is 50.1 Å². The van der Waals surface area contributed by atoms with Gasteiger partial charge in [-0.1, -0.05) is 110 Å². The summed E-state index contributed by atoms with van der Waals surface area (Å²) in [5, 5.41) is 37.3. The Hall–Kier alpha value is -3.11. The van der Waals surface area contributed by atoms with Gasteiger partial charge in [-0.3, -0.25) is 4.79 Å². The second-order valence-electron chi connectivity index (χ2n) is 9.49. The van der Waals surface area contributed by atoms with Crippen LogP contribution in [0.15, 0.2) is 109 Å². The summed E-state index contributed by atoms with van der Waals surface area (Å²) in [6, 6.07) is -0.688. The maximum atomic E-state index is 12.0. The first-order valence-corrected chi connectivity index (χ1v) is 13.1. The third-order valence-electron chi connectivity index (χ3n) is 6.02. The van der Waals surface area contributed by atoms with E-state index < -0.39 is 36.2 Å². The lowest BCUT2D eigenvalue weighted by molar-refractivity contribution is -0.255. The lowest BCUT2D eigenvalue weighted by Gasteiger charge is -2.40. The molecule has 5 N–H and O–H groups in total. The predicted molar refractivity (Wildman–Crippen MR) is 155 cm³/mol.